The highest BCUT2D eigenvalue weighted by Gasteiger charge is 2.11. The average Bonchev–Trinajstić information content (AvgIpc) is 2.24. The zero-order valence-corrected chi connectivity index (χ0v) is 12.0. The number of likely N-dealkylation sites (N-methyl/N-ethyl adjacent to an activating group) is 1. The maximum atomic E-state index is 10.8. The number of phenols is 1. The quantitative estimate of drug-likeness (QED) is 0.833. The molecule has 0 fully saturated rings. The first-order valence-electron chi connectivity index (χ1n) is 5.55. The molecule has 0 unspecified atom stereocenters. The molecule has 0 atom stereocenters. The Morgan fingerprint density at radius 2 is 2.22 bits per heavy atom. The Morgan fingerprint density at radius 1 is 1.56 bits per heavy atom. The first kappa shape index (κ1) is 14.8. The number of hydrogen-bond donors (Lipinski definition) is 2. The van der Waals surface area contributed by atoms with Crippen molar-refractivity contribution in [1.29, 1.82) is 0 Å². The second kappa shape index (κ2) is 6.61. The van der Waals surface area contributed by atoms with Crippen molar-refractivity contribution in [3.8, 4) is 11.5 Å². The van der Waals surface area contributed by atoms with E-state index in [0.717, 1.165) is 5.56 Å². The van der Waals surface area contributed by atoms with Crippen molar-refractivity contribution >= 4 is 21.8 Å². The maximum Gasteiger partial charge on any atom is 0.231 e. The highest BCUT2D eigenvalue weighted by atomic mass is 79.9. The van der Waals surface area contributed by atoms with Gasteiger partial charge in [0, 0.05) is 6.54 Å². The fraction of sp³-hybridized carbons (Fsp3) is 0.417. The Hall–Kier alpha value is -1.27. The van der Waals surface area contributed by atoms with Crippen molar-refractivity contribution in [3.63, 3.8) is 0 Å². The number of rotatable bonds is 6. The number of amides is 1. The smallest absolute Gasteiger partial charge is 0.231 e. The molecular weight excluding hydrogens is 300 g/mol. The van der Waals surface area contributed by atoms with E-state index in [2.05, 4.69) is 15.9 Å². The third-order valence-corrected chi connectivity index (χ3v) is 2.87. The molecule has 0 aliphatic heterocycles. The number of nitrogens with zero attached hydrogens (tertiary/aromatic N) is 1. The topological polar surface area (TPSA) is 75.8 Å². The lowest BCUT2D eigenvalue weighted by Crippen LogP contribution is -2.30. The average molecular weight is 317 g/mol. The largest absolute Gasteiger partial charge is 0.503 e. The minimum absolute atomic E-state index is 0.0816. The van der Waals surface area contributed by atoms with Gasteiger partial charge in [-0.1, -0.05) is 0 Å². The lowest BCUT2D eigenvalue weighted by Gasteiger charge is -2.16. The van der Waals surface area contributed by atoms with Gasteiger partial charge in [0.05, 0.1) is 17.6 Å². The monoisotopic (exact) mass is 316 g/mol. The van der Waals surface area contributed by atoms with E-state index in [1.54, 1.807) is 24.1 Å². The van der Waals surface area contributed by atoms with Crippen molar-refractivity contribution in [2.45, 2.75) is 13.5 Å². The van der Waals surface area contributed by atoms with Gasteiger partial charge in [0.2, 0.25) is 5.91 Å². The summed E-state index contributed by atoms with van der Waals surface area (Å²) in [6, 6.07) is 3.54. The fourth-order valence-corrected chi connectivity index (χ4v) is 2.11. The van der Waals surface area contributed by atoms with Crippen molar-refractivity contribution < 1.29 is 14.6 Å². The number of hydrogen-bond acceptors (Lipinski definition) is 4. The lowest BCUT2D eigenvalue weighted by atomic mass is 10.2. The Bertz CT molecular complexity index is 438. The zero-order chi connectivity index (χ0) is 13.7. The van der Waals surface area contributed by atoms with Gasteiger partial charge in [0.25, 0.3) is 0 Å². The van der Waals surface area contributed by atoms with Crippen molar-refractivity contribution in [1.82, 2.24) is 4.90 Å². The highest BCUT2D eigenvalue weighted by molar-refractivity contribution is 9.10. The summed E-state index contributed by atoms with van der Waals surface area (Å²) in [7, 11) is 1.80. The predicted octanol–water partition coefficient (Wildman–Crippen LogP) is 1.47. The molecule has 0 aliphatic rings. The van der Waals surface area contributed by atoms with Gasteiger partial charge in [-0.25, -0.2) is 0 Å². The molecule has 6 heteroatoms. The number of aromatic hydroxyl groups is 1. The van der Waals surface area contributed by atoms with Crippen LogP contribution in [0.5, 0.6) is 11.5 Å². The van der Waals surface area contributed by atoms with Crippen LogP contribution in [0.1, 0.15) is 12.5 Å². The van der Waals surface area contributed by atoms with Crippen LogP contribution in [0.25, 0.3) is 0 Å². The Kier molecular flexibility index (Phi) is 5.43. The summed E-state index contributed by atoms with van der Waals surface area (Å²) in [5.74, 6) is 0.132. The number of ether oxygens (including phenoxy) is 1. The maximum absolute atomic E-state index is 10.8. The van der Waals surface area contributed by atoms with Crippen LogP contribution >= 0.6 is 15.9 Å². The van der Waals surface area contributed by atoms with Crippen LogP contribution in [0.3, 0.4) is 0 Å². The Labute approximate surface area is 115 Å². The minimum atomic E-state index is -0.375. The predicted molar refractivity (Wildman–Crippen MR) is 72.5 cm³/mol. The SMILES string of the molecule is CCOc1cc(CN(C)CC(N)=O)cc(Br)c1O. The molecule has 1 amide bonds. The summed E-state index contributed by atoms with van der Waals surface area (Å²) < 4.78 is 5.90. The molecule has 100 valence electrons. The number of benzene rings is 1. The molecule has 3 N–H and O–H groups in total. The number of primary amides is 1. The molecule has 0 aliphatic carbocycles. The summed E-state index contributed by atoms with van der Waals surface area (Å²) in [6.45, 7) is 3.05. The molecule has 0 aromatic heterocycles. The first-order chi connectivity index (χ1) is 8.43. The molecule has 0 bridgehead atoms. The van der Waals surface area contributed by atoms with Crippen LogP contribution < -0.4 is 10.5 Å². The van der Waals surface area contributed by atoms with Crippen LogP contribution in [0.4, 0.5) is 0 Å². The fourth-order valence-electron chi connectivity index (χ4n) is 1.62. The Balaban J connectivity index is 2.86. The Morgan fingerprint density at radius 3 is 2.78 bits per heavy atom. The van der Waals surface area contributed by atoms with Crippen LogP contribution in [-0.2, 0) is 11.3 Å². The van der Waals surface area contributed by atoms with Gasteiger partial charge in [-0.2, -0.15) is 0 Å². The van der Waals surface area contributed by atoms with Gasteiger partial charge in [-0.15, -0.1) is 0 Å². The third kappa shape index (κ3) is 4.19. The van der Waals surface area contributed by atoms with Crippen LogP contribution in [0.15, 0.2) is 16.6 Å². The van der Waals surface area contributed by atoms with Crippen molar-refractivity contribution in [2.75, 3.05) is 20.2 Å². The summed E-state index contributed by atoms with van der Waals surface area (Å²) >= 11 is 3.27. The molecule has 18 heavy (non-hydrogen) atoms. The summed E-state index contributed by atoms with van der Waals surface area (Å²) in [6.07, 6.45) is 0. The van der Waals surface area contributed by atoms with E-state index < -0.39 is 0 Å². The van der Waals surface area contributed by atoms with Gasteiger partial charge < -0.3 is 15.6 Å². The summed E-state index contributed by atoms with van der Waals surface area (Å²) in [4.78, 5) is 12.6. The van der Waals surface area contributed by atoms with Gasteiger partial charge in [0.15, 0.2) is 11.5 Å². The molecule has 0 heterocycles. The van der Waals surface area contributed by atoms with E-state index >= 15 is 0 Å². The molecular formula is C12H17BrN2O3. The van der Waals surface area contributed by atoms with E-state index in [4.69, 9.17) is 10.5 Å². The van der Waals surface area contributed by atoms with Gasteiger partial charge in [-0.3, -0.25) is 9.69 Å². The van der Waals surface area contributed by atoms with Gasteiger partial charge in [-0.05, 0) is 47.6 Å². The van der Waals surface area contributed by atoms with E-state index in [9.17, 15) is 9.90 Å². The number of phenolic OH excluding ortho intramolecular Hbond substituents is 1. The van der Waals surface area contributed by atoms with Gasteiger partial charge in [0.1, 0.15) is 0 Å². The first-order valence-corrected chi connectivity index (χ1v) is 6.34. The standard InChI is InChI=1S/C12H17BrN2O3/c1-3-18-10-5-8(4-9(13)12(10)17)6-15(2)7-11(14)16/h4-5,17H,3,6-7H2,1-2H3,(H2,14,16). The van der Waals surface area contributed by atoms with Crippen LogP contribution in [0.2, 0.25) is 0 Å². The molecule has 0 saturated carbocycles. The van der Waals surface area contributed by atoms with E-state index in [1.165, 1.54) is 0 Å². The van der Waals surface area contributed by atoms with Crippen molar-refractivity contribution in [3.05, 3.63) is 22.2 Å². The lowest BCUT2D eigenvalue weighted by molar-refractivity contribution is -0.118. The third-order valence-electron chi connectivity index (χ3n) is 2.27. The molecule has 1 aromatic rings. The van der Waals surface area contributed by atoms with E-state index in [-0.39, 0.29) is 18.2 Å². The van der Waals surface area contributed by atoms with Crippen molar-refractivity contribution in [2.24, 2.45) is 5.73 Å². The summed E-state index contributed by atoms with van der Waals surface area (Å²) in [5, 5.41) is 9.77. The molecule has 1 aromatic carbocycles. The minimum Gasteiger partial charge on any atom is -0.503 e. The molecule has 0 saturated heterocycles. The van der Waals surface area contributed by atoms with Gasteiger partial charge >= 0.3 is 0 Å². The number of nitrogens with two attached hydrogens (primary N) is 1. The van der Waals surface area contributed by atoms with E-state index in [1.807, 2.05) is 6.92 Å². The molecule has 0 radical (unpaired) electrons. The molecule has 1 rings (SSSR count). The number of carbonyl (C=O) groups is 1. The molecule has 0 spiro atoms. The molecule has 5 nitrogen and oxygen atoms in total. The normalized spacial score (nSPS) is 10.7. The summed E-state index contributed by atoms with van der Waals surface area (Å²) in [5.41, 5.74) is 6.05. The second-order valence-corrected chi connectivity index (χ2v) is 4.85. The zero-order valence-electron chi connectivity index (χ0n) is 10.4. The number of carbonyl (C=O) groups excluding carboxylic acids is 1. The second-order valence-electron chi connectivity index (χ2n) is 4.00. The van der Waals surface area contributed by atoms with Crippen LogP contribution in [-0.4, -0.2) is 36.1 Å². The highest BCUT2D eigenvalue weighted by Crippen LogP contribution is 2.35. The number of halogens is 1. The van der Waals surface area contributed by atoms with E-state index in [0.29, 0.717) is 23.4 Å². The van der Waals surface area contributed by atoms with Crippen LogP contribution in [0, 0.1) is 0 Å².